The second-order valence-corrected chi connectivity index (χ2v) is 5.47. The van der Waals surface area contributed by atoms with E-state index in [1.54, 1.807) is 37.4 Å². The van der Waals surface area contributed by atoms with Gasteiger partial charge in [0.25, 0.3) is 11.8 Å². The van der Waals surface area contributed by atoms with Gasteiger partial charge in [0.2, 0.25) is 0 Å². The molecule has 0 spiro atoms. The highest BCUT2D eigenvalue weighted by molar-refractivity contribution is 5.97. The second-order valence-electron chi connectivity index (χ2n) is 5.47. The molecule has 2 atom stereocenters. The first-order valence-electron chi connectivity index (χ1n) is 7.90. The molecule has 0 aliphatic heterocycles. The minimum Gasteiger partial charge on any atom is -0.497 e. The van der Waals surface area contributed by atoms with Crippen LogP contribution in [0.3, 0.4) is 0 Å². The summed E-state index contributed by atoms with van der Waals surface area (Å²) >= 11 is 0. The molecule has 0 aliphatic carbocycles. The molecule has 0 radical (unpaired) electrons. The van der Waals surface area contributed by atoms with Crippen LogP contribution in [0.4, 0.5) is 5.69 Å². The van der Waals surface area contributed by atoms with Gasteiger partial charge in [-0.3, -0.25) is 9.59 Å². The molecule has 1 aromatic carbocycles. The van der Waals surface area contributed by atoms with Gasteiger partial charge in [-0.2, -0.15) is 0 Å². The number of carbonyl (C=O) groups excluding carboxylic acids is 3. The Hall–Kier alpha value is -3.29. The number of nitrogens with one attached hydrogen (secondary N) is 2. The molecule has 0 aliphatic rings. The zero-order valence-corrected chi connectivity index (χ0v) is 14.6. The van der Waals surface area contributed by atoms with E-state index in [0.29, 0.717) is 11.4 Å². The highest BCUT2D eigenvalue weighted by atomic mass is 16.5. The number of benzene rings is 1. The van der Waals surface area contributed by atoms with E-state index in [-0.39, 0.29) is 5.76 Å². The molecule has 2 aromatic rings. The number of carbonyl (C=O) groups is 3. The predicted molar refractivity (Wildman–Crippen MR) is 92.8 cm³/mol. The van der Waals surface area contributed by atoms with Gasteiger partial charge < -0.3 is 24.5 Å². The summed E-state index contributed by atoms with van der Waals surface area (Å²) in [5, 5.41) is 5.06. The molecule has 0 fully saturated rings. The van der Waals surface area contributed by atoms with E-state index in [1.807, 2.05) is 0 Å². The number of methoxy groups -OCH3 is 1. The molecule has 26 heavy (non-hydrogen) atoms. The van der Waals surface area contributed by atoms with Gasteiger partial charge in [-0.05, 0) is 50.2 Å². The molecule has 138 valence electrons. The number of amides is 2. The van der Waals surface area contributed by atoms with E-state index in [9.17, 15) is 14.4 Å². The molecule has 8 nitrogen and oxygen atoms in total. The third-order valence-electron chi connectivity index (χ3n) is 3.47. The van der Waals surface area contributed by atoms with Crippen LogP contribution in [0.5, 0.6) is 5.75 Å². The summed E-state index contributed by atoms with van der Waals surface area (Å²) in [6.07, 6.45) is 0.316. The summed E-state index contributed by atoms with van der Waals surface area (Å²) in [5.74, 6) is -1.04. The first-order valence-corrected chi connectivity index (χ1v) is 7.90. The SMILES string of the molecule is COc1ccc(NC(=O)[C@@H](C)OC(=O)[C@H](C)NC(=O)c2ccco2)cc1. The van der Waals surface area contributed by atoms with Crippen molar-refractivity contribution in [2.75, 3.05) is 12.4 Å². The molecule has 8 heteroatoms. The van der Waals surface area contributed by atoms with Crippen molar-refractivity contribution in [2.45, 2.75) is 26.0 Å². The largest absolute Gasteiger partial charge is 0.497 e. The van der Waals surface area contributed by atoms with Crippen molar-refractivity contribution in [1.29, 1.82) is 0 Å². The van der Waals surface area contributed by atoms with E-state index in [0.717, 1.165) is 0 Å². The third-order valence-corrected chi connectivity index (χ3v) is 3.47. The van der Waals surface area contributed by atoms with Gasteiger partial charge in [0.05, 0.1) is 13.4 Å². The van der Waals surface area contributed by atoms with E-state index >= 15 is 0 Å². The number of esters is 1. The smallest absolute Gasteiger partial charge is 0.329 e. The molecule has 0 bridgehead atoms. The monoisotopic (exact) mass is 360 g/mol. The quantitative estimate of drug-likeness (QED) is 0.731. The average molecular weight is 360 g/mol. The van der Waals surface area contributed by atoms with Crippen molar-refractivity contribution in [3.63, 3.8) is 0 Å². The Morgan fingerprint density at radius 3 is 2.35 bits per heavy atom. The molecular formula is C18H20N2O6. The van der Waals surface area contributed by atoms with Gasteiger partial charge >= 0.3 is 5.97 Å². The fourth-order valence-corrected chi connectivity index (χ4v) is 1.98. The third kappa shape index (κ3) is 5.10. The number of anilines is 1. The minimum atomic E-state index is -1.03. The first kappa shape index (κ1) is 19.0. The minimum absolute atomic E-state index is 0.0787. The zero-order chi connectivity index (χ0) is 19.1. The van der Waals surface area contributed by atoms with Gasteiger partial charge in [0, 0.05) is 5.69 Å². The van der Waals surface area contributed by atoms with Gasteiger partial charge in [-0.1, -0.05) is 0 Å². The van der Waals surface area contributed by atoms with Crippen molar-refractivity contribution < 1.29 is 28.3 Å². The molecule has 2 rings (SSSR count). The van der Waals surface area contributed by atoms with E-state index in [1.165, 1.54) is 26.2 Å². The maximum atomic E-state index is 12.1. The Morgan fingerprint density at radius 1 is 1.08 bits per heavy atom. The molecule has 1 heterocycles. The highest BCUT2D eigenvalue weighted by Crippen LogP contribution is 2.15. The standard InChI is InChI=1S/C18H20N2O6/c1-11(19-17(22)15-5-4-10-25-15)18(23)26-12(2)16(21)20-13-6-8-14(24-3)9-7-13/h4-12H,1-3H3,(H,19,22)(H,20,21)/t11-,12+/m0/s1. The Balaban J connectivity index is 1.84. The Labute approximate surface area is 150 Å². The molecule has 0 saturated heterocycles. The Morgan fingerprint density at radius 2 is 1.77 bits per heavy atom. The summed E-state index contributed by atoms with van der Waals surface area (Å²) in [5.41, 5.74) is 0.540. The van der Waals surface area contributed by atoms with Crippen molar-refractivity contribution in [3.05, 3.63) is 48.4 Å². The van der Waals surface area contributed by atoms with Crippen LogP contribution in [-0.4, -0.2) is 37.0 Å². The lowest BCUT2D eigenvalue weighted by Gasteiger charge is -2.17. The van der Waals surface area contributed by atoms with E-state index in [4.69, 9.17) is 13.9 Å². The number of furan rings is 1. The number of hydrogen-bond donors (Lipinski definition) is 2. The van der Waals surface area contributed by atoms with Crippen LogP contribution in [0.25, 0.3) is 0 Å². The summed E-state index contributed by atoms with van der Waals surface area (Å²) < 4.78 is 15.1. The van der Waals surface area contributed by atoms with Crippen LogP contribution in [-0.2, 0) is 14.3 Å². The van der Waals surface area contributed by atoms with E-state index < -0.39 is 29.9 Å². The zero-order valence-electron chi connectivity index (χ0n) is 14.6. The molecule has 2 amide bonds. The number of rotatable bonds is 7. The number of ether oxygens (including phenoxy) is 2. The first-order chi connectivity index (χ1) is 12.4. The predicted octanol–water partition coefficient (Wildman–Crippen LogP) is 1.98. The maximum absolute atomic E-state index is 12.1. The summed E-state index contributed by atoms with van der Waals surface area (Å²) in [6.45, 7) is 2.90. The fourth-order valence-electron chi connectivity index (χ4n) is 1.98. The lowest BCUT2D eigenvalue weighted by Crippen LogP contribution is -2.42. The average Bonchev–Trinajstić information content (AvgIpc) is 3.17. The van der Waals surface area contributed by atoms with Crippen LogP contribution < -0.4 is 15.4 Å². The van der Waals surface area contributed by atoms with Crippen LogP contribution in [0.15, 0.2) is 47.1 Å². The van der Waals surface area contributed by atoms with Crippen LogP contribution in [0.1, 0.15) is 24.4 Å². The van der Waals surface area contributed by atoms with Crippen LogP contribution in [0, 0.1) is 0 Å². The maximum Gasteiger partial charge on any atom is 0.329 e. The van der Waals surface area contributed by atoms with Gasteiger partial charge in [0.1, 0.15) is 11.8 Å². The van der Waals surface area contributed by atoms with Gasteiger partial charge in [-0.15, -0.1) is 0 Å². The van der Waals surface area contributed by atoms with E-state index in [2.05, 4.69) is 10.6 Å². The number of hydrogen-bond acceptors (Lipinski definition) is 6. The summed E-state index contributed by atoms with van der Waals surface area (Å²) in [7, 11) is 1.54. The lowest BCUT2D eigenvalue weighted by atomic mass is 10.2. The van der Waals surface area contributed by atoms with Gasteiger partial charge in [-0.25, -0.2) is 4.79 Å². The second kappa shape index (κ2) is 8.70. The van der Waals surface area contributed by atoms with Gasteiger partial charge in [0.15, 0.2) is 11.9 Å². The van der Waals surface area contributed by atoms with Crippen molar-refractivity contribution in [1.82, 2.24) is 5.32 Å². The van der Waals surface area contributed by atoms with Crippen molar-refractivity contribution >= 4 is 23.5 Å². The van der Waals surface area contributed by atoms with Crippen molar-refractivity contribution in [3.8, 4) is 5.75 Å². The molecule has 1 aromatic heterocycles. The Bertz CT molecular complexity index is 754. The Kier molecular flexibility index (Phi) is 6.37. The highest BCUT2D eigenvalue weighted by Gasteiger charge is 2.24. The molecule has 0 saturated carbocycles. The van der Waals surface area contributed by atoms with Crippen LogP contribution in [0.2, 0.25) is 0 Å². The normalized spacial score (nSPS) is 12.6. The summed E-state index contributed by atoms with van der Waals surface area (Å²) in [6, 6.07) is 8.80. The van der Waals surface area contributed by atoms with Crippen LogP contribution >= 0.6 is 0 Å². The van der Waals surface area contributed by atoms with Crippen molar-refractivity contribution in [2.24, 2.45) is 0 Å². The molecular weight excluding hydrogens is 340 g/mol. The molecule has 2 N–H and O–H groups in total. The molecule has 0 unspecified atom stereocenters. The lowest BCUT2D eigenvalue weighted by molar-refractivity contribution is -0.154. The topological polar surface area (TPSA) is 107 Å². The summed E-state index contributed by atoms with van der Waals surface area (Å²) in [4.78, 5) is 36.0. The fraction of sp³-hybridized carbons (Fsp3) is 0.278.